The van der Waals surface area contributed by atoms with E-state index in [9.17, 15) is 27.1 Å². The number of carboxylic acids is 1. The Bertz CT molecular complexity index is 827. The summed E-state index contributed by atoms with van der Waals surface area (Å²) >= 11 is 0. The number of nitrogens with zero attached hydrogens (tertiary/aromatic N) is 1. The average molecular weight is 453 g/mol. The van der Waals surface area contributed by atoms with Gasteiger partial charge < -0.3 is 15.7 Å². The van der Waals surface area contributed by atoms with E-state index in [2.05, 4.69) is 4.90 Å². The highest BCUT2D eigenvalue weighted by atomic mass is 32.3. The predicted molar refractivity (Wildman–Crippen MR) is 104 cm³/mol. The molecule has 2 aliphatic heterocycles. The van der Waals surface area contributed by atoms with Crippen molar-refractivity contribution in [3.63, 3.8) is 0 Å². The van der Waals surface area contributed by atoms with Crippen LogP contribution in [-0.4, -0.2) is 67.1 Å². The zero-order valence-electron chi connectivity index (χ0n) is 15.5. The number of hydroxylamine groups is 1. The third-order valence-electron chi connectivity index (χ3n) is 4.78. The summed E-state index contributed by atoms with van der Waals surface area (Å²) in [6, 6.07) is 7.37. The number of anilines is 1. The minimum absolute atomic E-state index is 0.162. The van der Waals surface area contributed by atoms with Crippen LogP contribution < -0.4 is 16.1 Å². The van der Waals surface area contributed by atoms with Crippen molar-refractivity contribution in [2.45, 2.75) is 23.4 Å². The molecule has 0 aromatic heterocycles. The number of carbonyl (C=O) groups is 2. The Morgan fingerprint density at radius 2 is 1.83 bits per heavy atom. The number of aliphatic carboxylic acids is 1. The van der Waals surface area contributed by atoms with Crippen molar-refractivity contribution in [3.05, 3.63) is 35.9 Å². The number of halogens is 3. The molecule has 2 heterocycles. The Balaban J connectivity index is 0.000000396. The van der Waals surface area contributed by atoms with E-state index in [0.717, 1.165) is 11.3 Å². The van der Waals surface area contributed by atoms with Crippen molar-refractivity contribution in [2.75, 3.05) is 23.7 Å². The number of carboxylic acid groups (broad SMARTS) is 1. The number of nitrogens with two attached hydrogens (primary N) is 1. The maximum absolute atomic E-state index is 11.1. The lowest BCUT2D eigenvalue weighted by molar-refractivity contribution is -0.192. The van der Waals surface area contributed by atoms with Gasteiger partial charge in [0, 0.05) is 30.9 Å². The molecule has 0 saturated carbocycles. The summed E-state index contributed by atoms with van der Waals surface area (Å²) in [6.07, 6.45) is -1.60. The first-order chi connectivity index (χ1) is 13.8. The molecule has 1 aromatic rings. The highest BCUT2D eigenvalue weighted by Gasteiger charge is 2.58. The normalized spacial score (nSPS) is 22.8. The van der Waals surface area contributed by atoms with Crippen molar-refractivity contribution in [3.8, 4) is 0 Å². The van der Waals surface area contributed by atoms with E-state index in [1.165, 1.54) is 6.08 Å². The van der Waals surface area contributed by atoms with Crippen LogP contribution in [0.3, 0.4) is 0 Å². The van der Waals surface area contributed by atoms with Crippen LogP contribution in [0.1, 0.15) is 12.0 Å². The summed E-state index contributed by atoms with van der Waals surface area (Å²) in [5.41, 5.74) is 9.20. The average Bonchev–Trinajstić information content (AvgIpc) is 2.86. The van der Waals surface area contributed by atoms with Crippen LogP contribution in [0.25, 0.3) is 6.08 Å². The number of carbonyl (C=O) groups excluding carboxylic acids is 1. The van der Waals surface area contributed by atoms with E-state index in [4.69, 9.17) is 20.8 Å². The first-order valence-corrected chi connectivity index (χ1v) is 10.3. The van der Waals surface area contributed by atoms with Crippen molar-refractivity contribution in [1.29, 1.82) is 0 Å². The van der Waals surface area contributed by atoms with Gasteiger partial charge in [-0.15, -0.1) is 0 Å². The Labute approximate surface area is 171 Å². The van der Waals surface area contributed by atoms with Crippen molar-refractivity contribution in [1.82, 2.24) is 5.48 Å². The SMILES string of the molecule is NC1CC2(CN(c3ccccc3C=CC(=O)NO)C2)S(O)(O)C1.O=C(O)C(F)(F)F. The van der Waals surface area contributed by atoms with Gasteiger partial charge in [-0.2, -0.15) is 23.8 Å². The summed E-state index contributed by atoms with van der Waals surface area (Å²) < 4.78 is 51.9. The van der Waals surface area contributed by atoms with Gasteiger partial charge in [0.05, 0.1) is 10.5 Å². The number of amides is 1. The molecule has 1 amide bonds. The number of nitrogens with one attached hydrogen (secondary N) is 1. The largest absolute Gasteiger partial charge is 0.490 e. The third-order valence-corrected chi connectivity index (χ3v) is 7.48. The second-order valence-electron chi connectivity index (χ2n) is 7.01. The molecule has 0 bridgehead atoms. The Hall–Kier alpha value is -2.32. The first-order valence-electron chi connectivity index (χ1n) is 8.58. The Morgan fingerprint density at radius 3 is 2.30 bits per heavy atom. The number of para-hydroxylation sites is 1. The van der Waals surface area contributed by atoms with Crippen LogP contribution in [0.4, 0.5) is 18.9 Å². The van der Waals surface area contributed by atoms with E-state index < -0.39 is 33.4 Å². The van der Waals surface area contributed by atoms with E-state index in [-0.39, 0.29) is 11.8 Å². The molecule has 168 valence electrons. The van der Waals surface area contributed by atoms with Crippen LogP contribution in [0.5, 0.6) is 0 Å². The van der Waals surface area contributed by atoms with Gasteiger partial charge in [-0.05, 0) is 24.1 Å². The molecule has 3 rings (SSSR count). The molecule has 30 heavy (non-hydrogen) atoms. The number of hydrogen-bond donors (Lipinski definition) is 6. The Morgan fingerprint density at radius 1 is 1.27 bits per heavy atom. The number of rotatable bonds is 3. The second-order valence-corrected chi connectivity index (χ2v) is 9.54. The van der Waals surface area contributed by atoms with E-state index in [1.54, 1.807) is 11.6 Å². The molecule has 0 radical (unpaired) electrons. The summed E-state index contributed by atoms with van der Waals surface area (Å²) in [5, 5.41) is 15.7. The summed E-state index contributed by atoms with van der Waals surface area (Å²) in [6.45, 7) is 1.08. The fourth-order valence-electron chi connectivity index (χ4n) is 3.42. The van der Waals surface area contributed by atoms with Gasteiger partial charge in [-0.1, -0.05) is 18.2 Å². The molecule has 2 fully saturated rings. The van der Waals surface area contributed by atoms with Gasteiger partial charge in [0.15, 0.2) is 0 Å². The lowest BCUT2D eigenvalue weighted by atomic mass is 9.91. The standard InChI is InChI=1S/C15H21N3O4S.C2HF3O2/c16-12-7-15(23(21,22)8-12)9-18(10-15)13-4-2-1-3-11(13)5-6-14(19)17-20;3-2(4,5)1(6)7/h1-6,12,20-22H,7-10,16H2,(H,17,19);(H,6,7). The minimum atomic E-state index is -5.08. The molecule has 1 atom stereocenters. The van der Waals surface area contributed by atoms with E-state index in [1.807, 2.05) is 24.3 Å². The monoisotopic (exact) mass is 453 g/mol. The summed E-state index contributed by atoms with van der Waals surface area (Å²) in [4.78, 5) is 22.1. The van der Waals surface area contributed by atoms with Crippen molar-refractivity contribution in [2.24, 2.45) is 5.73 Å². The quantitative estimate of drug-likeness (QED) is 0.230. The second kappa shape index (κ2) is 8.81. The Kier molecular flexibility index (Phi) is 7.04. The number of alkyl halides is 3. The maximum Gasteiger partial charge on any atom is 0.490 e. The summed E-state index contributed by atoms with van der Waals surface area (Å²) in [7, 11) is -2.66. The predicted octanol–water partition coefficient (Wildman–Crippen LogP) is 1.88. The van der Waals surface area contributed by atoms with Crippen molar-refractivity contribution >= 4 is 34.2 Å². The van der Waals surface area contributed by atoms with Gasteiger partial charge >= 0.3 is 12.1 Å². The molecule has 2 saturated heterocycles. The van der Waals surface area contributed by atoms with Gasteiger partial charge in [0.1, 0.15) is 0 Å². The molecule has 2 aliphatic rings. The van der Waals surface area contributed by atoms with Gasteiger partial charge in [-0.25, -0.2) is 10.3 Å². The van der Waals surface area contributed by atoms with Gasteiger partial charge in [-0.3, -0.25) is 19.1 Å². The fourth-order valence-corrected chi connectivity index (χ4v) is 5.69. The van der Waals surface area contributed by atoms with Gasteiger partial charge in [0.2, 0.25) is 0 Å². The molecule has 13 heteroatoms. The molecule has 1 unspecified atom stereocenters. The van der Waals surface area contributed by atoms with Crippen LogP contribution in [0.15, 0.2) is 30.3 Å². The molecule has 9 nitrogen and oxygen atoms in total. The van der Waals surface area contributed by atoms with Gasteiger partial charge in [0.25, 0.3) is 5.91 Å². The zero-order valence-corrected chi connectivity index (χ0v) is 16.4. The molecule has 0 aliphatic carbocycles. The molecular formula is C17H22F3N3O6S. The maximum atomic E-state index is 11.1. The number of benzene rings is 1. The molecular weight excluding hydrogens is 431 g/mol. The lowest BCUT2D eigenvalue weighted by Crippen LogP contribution is -2.63. The van der Waals surface area contributed by atoms with E-state index >= 15 is 0 Å². The minimum Gasteiger partial charge on any atom is -0.475 e. The van der Waals surface area contributed by atoms with Crippen molar-refractivity contribution < 1.29 is 42.2 Å². The molecule has 7 N–H and O–H groups in total. The number of hydrogen-bond acceptors (Lipinski definition) is 7. The van der Waals surface area contributed by atoms with Crippen LogP contribution in [0.2, 0.25) is 0 Å². The first kappa shape index (κ1) is 24.0. The van der Waals surface area contributed by atoms with Crippen LogP contribution in [0, 0.1) is 0 Å². The molecule has 1 spiro atoms. The van der Waals surface area contributed by atoms with E-state index in [0.29, 0.717) is 19.5 Å². The fraction of sp³-hybridized carbons (Fsp3) is 0.412. The third kappa shape index (κ3) is 5.23. The topological polar surface area (TPSA) is 156 Å². The lowest BCUT2D eigenvalue weighted by Gasteiger charge is -2.57. The molecule has 1 aromatic carbocycles. The van der Waals surface area contributed by atoms with Crippen LogP contribution >= 0.6 is 10.6 Å². The smallest absolute Gasteiger partial charge is 0.475 e. The highest BCUT2D eigenvalue weighted by molar-refractivity contribution is 8.25. The summed E-state index contributed by atoms with van der Waals surface area (Å²) in [5.74, 6) is -3.08. The zero-order chi connectivity index (χ0) is 22.7. The van der Waals surface area contributed by atoms with Crippen LogP contribution in [-0.2, 0) is 9.59 Å². The highest BCUT2D eigenvalue weighted by Crippen LogP contribution is 2.64.